The number of hydrogen-bond acceptors (Lipinski definition) is 4. The highest BCUT2D eigenvalue weighted by molar-refractivity contribution is 7.85. The third-order valence-electron chi connectivity index (χ3n) is 2.85. The van der Waals surface area contributed by atoms with Crippen LogP contribution in [0.4, 0.5) is 0 Å². The largest absolute Gasteiger partial charge is 0.353 e. The van der Waals surface area contributed by atoms with Crippen molar-refractivity contribution in [2.24, 2.45) is 0 Å². The SMILES string of the molecule is O=S1CCN(CCC2OCCCO2)CC1. The zero-order valence-corrected chi connectivity index (χ0v) is 9.84. The predicted molar refractivity (Wildman–Crippen MR) is 59.2 cm³/mol. The summed E-state index contributed by atoms with van der Waals surface area (Å²) in [5, 5.41) is 0. The fourth-order valence-electron chi connectivity index (χ4n) is 1.89. The van der Waals surface area contributed by atoms with Gasteiger partial charge in [-0.25, -0.2) is 0 Å². The Balaban J connectivity index is 1.62. The van der Waals surface area contributed by atoms with Crippen LogP contribution in [-0.2, 0) is 20.3 Å². The van der Waals surface area contributed by atoms with E-state index in [0.717, 1.165) is 57.2 Å². The number of ether oxygens (including phenoxy) is 2. The second kappa shape index (κ2) is 5.94. The molecule has 0 atom stereocenters. The molecule has 0 unspecified atom stereocenters. The Labute approximate surface area is 93.4 Å². The van der Waals surface area contributed by atoms with Crippen LogP contribution < -0.4 is 0 Å². The summed E-state index contributed by atoms with van der Waals surface area (Å²) in [6.07, 6.45) is 1.94. The van der Waals surface area contributed by atoms with Gasteiger partial charge in [0.05, 0.1) is 13.2 Å². The van der Waals surface area contributed by atoms with Crippen LogP contribution in [0.3, 0.4) is 0 Å². The monoisotopic (exact) mass is 233 g/mol. The highest BCUT2D eigenvalue weighted by atomic mass is 32.2. The molecule has 2 saturated heterocycles. The minimum atomic E-state index is -0.573. The summed E-state index contributed by atoms with van der Waals surface area (Å²) in [6.45, 7) is 4.57. The Morgan fingerprint density at radius 3 is 2.53 bits per heavy atom. The van der Waals surface area contributed by atoms with E-state index in [1.807, 2.05) is 0 Å². The predicted octanol–water partition coefficient (Wildman–Crippen LogP) is 0.204. The van der Waals surface area contributed by atoms with E-state index in [1.54, 1.807) is 0 Å². The van der Waals surface area contributed by atoms with Crippen LogP contribution in [0.2, 0.25) is 0 Å². The van der Waals surface area contributed by atoms with Crippen molar-refractivity contribution < 1.29 is 13.7 Å². The van der Waals surface area contributed by atoms with Gasteiger partial charge in [-0.05, 0) is 6.42 Å². The second-order valence-corrected chi connectivity index (χ2v) is 5.70. The molecule has 2 aliphatic rings. The van der Waals surface area contributed by atoms with Crippen LogP contribution in [0.25, 0.3) is 0 Å². The van der Waals surface area contributed by atoms with Crippen molar-refractivity contribution in [3.8, 4) is 0 Å². The maximum Gasteiger partial charge on any atom is 0.158 e. The van der Waals surface area contributed by atoms with E-state index in [4.69, 9.17) is 9.47 Å². The third kappa shape index (κ3) is 3.83. The average Bonchev–Trinajstić information content (AvgIpc) is 2.30. The topological polar surface area (TPSA) is 38.8 Å². The number of rotatable bonds is 3. The Kier molecular flexibility index (Phi) is 4.56. The Bertz CT molecular complexity index is 209. The Morgan fingerprint density at radius 1 is 1.20 bits per heavy atom. The zero-order chi connectivity index (χ0) is 10.5. The van der Waals surface area contributed by atoms with E-state index in [1.165, 1.54) is 0 Å². The molecule has 2 fully saturated rings. The van der Waals surface area contributed by atoms with Gasteiger partial charge in [0, 0.05) is 48.4 Å². The lowest BCUT2D eigenvalue weighted by Gasteiger charge is -2.29. The lowest BCUT2D eigenvalue weighted by molar-refractivity contribution is -0.182. The molecule has 4 nitrogen and oxygen atoms in total. The Morgan fingerprint density at radius 2 is 1.87 bits per heavy atom. The summed E-state index contributed by atoms with van der Waals surface area (Å²) in [7, 11) is -0.573. The first kappa shape index (κ1) is 11.5. The molecular weight excluding hydrogens is 214 g/mol. The molecule has 0 aliphatic carbocycles. The first-order valence-electron chi connectivity index (χ1n) is 5.65. The van der Waals surface area contributed by atoms with Crippen LogP contribution in [0.15, 0.2) is 0 Å². The third-order valence-corrected chi connectivity index (χ3v) is 4.12. The molecule has 0 spiro atoms. The van der Waals surface area contributed by atoms with E-state index < -0.39 is 10.8 Å². The van der Waals surface area contributed by atoms with Crippen molar-refractivity contribution in [2.75, 3.05) is 44.4 Å². The molecule has 0 aromatic rings. The van der Waals surface area contributed by atoms with Gasteiger partial charge in [-0.1, -0.05) is 0 Å². The maximum absolute atomic E-state index is 11.1. The van der Waals surface area contributed by atoms with Gasteiger partial charge in [0.1, 0.15) is 0 Å². The second-order valence-electron chi connectivity index (χ2n) is 4.00. The summed E-state index contributed by atoms with van der Waals surface area (Å²) in [5.74, 6) is 1.65. The van der Waals surface area contributed by atoms with Crippen molar-refractivity contribution in [1.29, 1.82) is 0 Å². The highest BCUT2D eigenvalue weighted by Crippen LogP contribution is 2.10. The van der Waals surface area contributed by atoms with E-state index >= 15 is 0 Å². The fourth-order valence-corrected chi connectivity index (χ4v) is 3.02. The summed E-state index contributed by atoms with van der Waals surface area (Å²) in [5.41, 5.74) is 0. The van der Waals surface area contributed by atoms with E-state index in [0.29, 0.717) is 0 Å². The van der Waals surface area contributed by atoms with Crippen LogP contribution >= 0.6 is 0 Å². The van der Waals surface area contributed by atoms with Crippen molar-refractivity contribution in [3.63, 3.8) is 0 Å². The zero-order valence-electron chi connectivity index (χ0n) is 9.02. The lowest BCUT2D eigenvalue weighted by Crippen LogP contribution is -2.40. The number of nitrogens with zero attached hydrogens (tertiary/aromatic N) is 1. The molecule has 2 rings (SSSR count). The molecule has 0 aromatic heterocycles. The molecule has 0 radical (unpaired) electrons. The first-order valence-corrected chi connectivity index (χ1v) is 7.14. The normalized spacial score (nSPS) is 26.9. The lowest BCUT2D eigenvalue weighted by atomic mass is 10.3. The summed E-state index contributed by atoms with van der Waals surface area (Å²) in [4.78, 5) is 2.35. The fraction of sp³-hybridized carbons (Fsp3) is 1.00. The molecule has 88 valence electrons. The quantitative estimate of drug-likeness (QED) is 0.698. The average molecular weight is 233 g/mol. The summed E-state index contributed by atoms with van der Waals surface area (Å²) < 4.78 is 22.1. The van der Waals surface area contributed by atoms with E-state index in [-0.39, 0.29) is 6.29 Å². The molecule has 0 saturated carbocycles. The number of hydrogen-bond donors (Lipinski definition) is 0. The van der Waals surface area contributed by atoms with Crippen molar-refractivity contribution in [2.45, 2.75) is 19.1 Å². The standard InChI is InChI=1S/C10H19NO3S/c12-15-8-4-11(5-9-15)3-2-10-13-6-1-7-14-10/h10H,1-9H2. The van der Waals surface area contributed by atoms with Crippen molar-refractivity contribution in [1.82, 2.24) is 4.90 Å². The van der Waals surface area contributed by atoms with E-state index in [9.17, 15) is 4.21 Å². The van der Waals surface area contributed by atoms with Gasteiger partial charge in [0.15, 0.2) is 6.29 Å². The minimum Gasteiger partial charge on any atom is -0.353 e. The van der Waals surface area contributed by atoms with Crippen LogP contribution in [0.1, 0.15) is 12.8 Å². The van der Waals surface area contributed by atoms with Crippen molar-refractivity contribution in [3.05, 3.63) is 0 Å². The van der Waals surface area contributed by atoms with Gasteiger partial charge >= 0.3 is 0 Å². The molecule has 0 aromatic carbocycles. The van der Waals surface area contributed by atoms with Gasteiger partial charge in [-0.15, -0.1) is 0 Å². The van der Waals surface area contributed by atoms with Gasteiger partial charge < -0.3 is 14.4 Å². The van der Waals surface area contributed by atoms with Gasteiger partial charge in [0.25, 0.3) is 0 Å². The maximum atomic E-state index is 11.1. The van der Waals surface area contributed by atoms with Crippen LogP contribution in [-0.4, -0.2) is 59.8 Å². The van der Waals surface area contributed by atoms with Crippen molar-refractivity contribution >= 4 is 10.8 Å². The van der Waals surface area contributed by atoms with Gasteiger partial charge in [0.2, 0.25) is 0 Å². The molecule has 2 aliphatic heterocycles. The molecular formula is C10H19NO3S. The highest BCUT2D eigenvalue weighted by Gasteiger charge is 2.18. The molecule has 2 heterocycles. The molecule has 0 amide bonds. The summed E-state index contributed by atoms with van der Waals surface area (Å²) >= 11 is 0. The first-order chi connectivity index (χ1) is 7.34. The summed E-state index contributed by atoms with van der Waals surface area (Å²) in [6, 6.07) is 0. The molecule has 15 heavy (non-hydrogen) atoms. The minimum absolute atomic E-state index is 0.00817. The molecule has 0 bridgehead atoms. The van der Waals surface area contributed by atoms with Crippen LogP contribution in [0, 0.1) is 0 Å². The molecule has 5 heteroatoms. The molecule has 0 N–H and O–H groups in total. The van der Waals surface area contributed by atoms with Gasteiger partial charge in [-0.2, -0.15) is 0 Å². The Hall–Kier alpha value is 0.0300. The van der Waals surface area contributed by atoms with Crippen LogP contribution in [0.5, 0.6) is 0 Å². The van der Waals surface area contributed by atoms with E-state index in [2.05, 4.69) is 4.90 Å². The van der Waals surface area contributed by atoms with Gasteiger partial charge in [-0.3, -0.25) is 4.21 Å². The smallest absolute Gasteiger partial charge is 0.158 e.